The number of hydrogen-bond acceptors (Lipinski definition) is 1. The van der Waals surface area contributed by atoms with Gasteiger partial charge in [0, 0.05) is 22.6 Å². The van der Waals surface area contributed by atoms with Crippen molar-refractivity contribution >= 4 is 6.29 Å². The minimum Gasteiger partial charge on any atom is -0.318 e. The molecule has 0 spiro atoms. The summed E-state index contributed by atoms with van der Waals surface area (Å²) in [5.74, 6) is -0.261. The number of nitrogens with zero attached hydrogens (tertiary/aromatic N) is 1. The highest BCUT2D eigenvalue weighted by Gasteiger charge is 2.14. The first-order valence-corrected chi connectivity index (χ1v) is 5.46. The van der Waals surface area contributed by atoms with Crippen LogP contribution in [0.2, 0.25) is 0 Å². The van der Waals surface area contributed by atoms with Crippen molar-refractivity contribution in [2.75, 3.05) is 0 Å². The van der Waals surface area contributed by atoms with Crippen LogP contribution in [-0.2, 0) is 0 Å². The van der Waals surface area contributed by atoms with Crippen molar-refractivity contribution in [3.8, 4) is 5.69 Å². The van der Waals surface area contributed by atoms with E-state index in [-0.39, 0.29) is 5.82 Å². The Hall–Kier alpha value is -1.90. The van der Waals surface area contributed by atoms with E-state index in [0.29, 0.717) is 5.56 Å². The third-order valence-electron chi connectivity index (χ3n) is 3.21. The van der Waals surface area contributed by atoms with E-state index in [1.54, 1.807) is 12.1 Å². The van der Waals surface area contributed by atoms with Gasteiger partial charge in [-0.05, 0) is 50.6 Å². The van der Waals surface area contributed by atoms with Gasteiger partial charge >= 0.3 is 0 Å². The van der Waals surface area contributed by atoms with Gasteiger partial charge < -0.3 is 4.57 Å². The van der Waals surface area contributed by atoms with Crippen molar-refractivity contribution in [2.24, 2.45) is 0 Å². The molecular weight excluding hydrogens is 217 g/mol. The molecule has 2 nitrogen and oxygen atoms in total. The minimum absolute atomic E-state index is 0.261. The van der Waals surface area contributed by atoms with Gasteiger partial charge in [0.05, 0.1) is 0 Å². The van der Waals surface area contributed by atoms with Crippen molar-refractivity contribution < 1.29 is 9.18 Å². The van der Waals surface area contributed by atoms with E-state index in [1.165, 1.54) is 12.1 Å². The summed E-state index contributed by atoms with van der Waals surface area (Å²) in [6, 6.07) is 6.26. The lowest BCUT2D eigenvalue weighted by atomic mass is 10.1. The highest BCUT2D eigenvalue weighted by molar-refractivity contribution is 5.80. The molecule has 0 aliphatic heterocycles. The Balaban J connectivity index is 2.67. The number of benzene rings is 1. The van der Waals surface area contributed by atoms with E-state index in [9.17, 15) is 9.18 Å². The van der Waals surface area contributed by atoms with Gasteiger partial charge in [0.2, 0.25) is 0 Å². The Bertz CT molecular complexity index is 567. The average Bonchev–Trinajstić information content (AvgIpc) is 2.52. The van der Waals surface area contributed by atoms with Gasteiger partial charge in [-0.3, -0.25) is 4.79 Å². The molecular formula is C14H14FNO. The average molecular weight is 231 g/mol. The van der Waals surface area contributed by atoms with Crippen LogP contribution in [0.5, 0.6) is 0 Å². The second kappa shape index (κ2) is 4.17. The van der Waals surface area contributed by atoms with Crippen molar-refractivity contribution in [2.45, 2.75) is 20.8 Å². The highest BCUT2D eigenvalue weighted by Crippen LogP contribution is 2.24. The van der Waals surface area contributed by atoms with E-state index in [0.717, 1.165) is 28.9 Å². The first kappa shape index (κ1) is 11.6. The molecule has 0 atom stereocenters. The van der Waals surface area contributed by atoms with Crippen molar-refractivity contribution in [3.63, 3.8) is 0 Å². The van der Waals surface area contributed by atoms with Crippen LogP contribution in [-0.4, -0.2) is 10.9 Å². The van der Waals surface area contributed by atoms with Crippen LogP contribution >= 0.6 is 0 Å². The fourth-order valence-corrected chi connectivity index (χ4v) is 2.16. The molecule has 1 aromatic heterocycles. The number of hydrogen-bond donors (Lipinski definition) is 0. The summed E-state index contributed by atoms with van der Waals surface area (Å²) in [7, 11) is 0. The molecule has 17 heavy (non-hydrogen) atoms. The molecule has 0 aliphatic carbocycles. The molecule has 2 rings (SSSR count). The fourth-order valence-electron chi connectivity index (χ4n) is 2.16. The molecule has 0 N–H and O–H groups in total. The van der Waals surface area contributed by atoms with Crippen LogP contribution in [0.4, 0.5) is 4.39 Å². The predicted molar refractivity (Wildman–Crippen MR) is 65.3 cm³/mol. The Morgan fingerprint density at radius 2 is 1.65 bits per heavy atom. The Labute approximate surface area is 99.7 Å². The molecule has 0 saturated carbocycles. The van der Waals surface area contributed by atoms with Gasteiger partial charge in [-0.25, -0.2) is 4.39 Å². The number of rotatable bonds is 2. The Morgan fingerprint density at radius 3 is 2.12 bits per heavy atom. The maximum atomic E-state index is 12.9. The van der Waals surface area contributed by atoms with E-state index in [1.807, 2.05) is 25.3 Å². The summed E-state index contributed by atoms with van der Waals surface area (Å²) in [4.78, 5) is 11.0. The first-order valence-electron chi connectivity index (χ1n) is 5.46. The minimum atomic E-state index is -0.261. The molecule has 0 unspecified atom stereocenters. The monoisotopic (exact) mass is 231 g/mol. The lowest BCUT2D eigenvalue weighted by Crippen LogP contribution is -1.99. The topological polar surface area (TPSA) is 22.0 Å². The molecule has 1 heterocycles. The van der Waals surface area contributed by atoms with Crippen molar-refractivity contribution in [1.29, 1.82) is 0 Å². The van der Waals surface area contributed by atoms with Gasteiger partial charge in [0.1, 0.15) is 5.82 Å². The summed E-state index contributed by atoms with van der Waals surface area (Å²) in [6.07, 6.45) is 0.873. The zero-order valence-electron chi connectivity index (χ0n) is 10.1. The standard InChI is InChI=1S/C14H14FNO/c1-9-10(2)16(11(3)14(9)8-17)13-6-4-12(15)5-7-13/h4-8H,1-3H3. The first-order chi connectivity index (χ1) is 8.06. The van der Waals surface area contributed by atoms with E-state index in [2.05, 4.69) is 0 Å². The number of carbonyl (C=O) groups excluding carboxylic acids is 1. The second-order valence-corrected chi connectivity index (χ2v) is 4.14. The van der Waals surface area contributed by atoms with Crippen LogP contribution in [0, 0.1) is 26.6 Å². The zero-order valence-corrected chi connectivity index (χ0v) is 10.1. The summed E-state index contributed by atoms with van der Waals surface area (Å²) < 4.78 is 14.9. The van der Waals surface area contributed by atoms with E-state index in [4.69, 9.17) is 0 Å². The quantitative estimate of drug-likeness (QED) is 0.726. The lowest BCUT2D eigenvalue weighted by molar-refractivity contribution is 0.112. The van der Waals surface area contributed by atoms with Gasteiger partial charge in [0.25, 0.3) is 0 Å². The van der Waals surface area contributed by atoms with Crippen molar-refractivity contribution in [1.82, 2.24) is 4.57 Å². The maximum absolute atomic E-state index is 12.9. The molecule has 0 amide bonds. The third-order valence-corrected chi connectivity index (χ3v) is 3.21. The molecule has 1 aromatic carbocycles. The summed E-state index contributed by atoms with van der Waals surface area (Å²) >= 11 is 0. The second-order valence-electron chi connectivity index (χ2n) is 4.14. The Kier molecular flexibility index (Phi) is 2.84. The van der Waals surface area contributed by atoms with Crippen LogP contribution < -0.4 is 0 Å². The largest absolute Gasteiger partial charge is 0.318 e. The smallest absolute Gasteiger partial charge is 0.152 e. The van der Waals surface area contributed by atoms with Gasteiger partial charge in [-0.2, -0.15) is 0 Å². The van der Waals surface area contributed by atoms with Gasteiger partial charge in [0.15, 0.2) is 6.29 Å². The lowest BCUT2D eigenvalue weighted by Gasteiger charge is -2.09. The molecule has 0 radical (unpaired) electrons. The van der Waals surface area contributed by atoms with Crippen LogP contribution in [0.25, 0.3) is 5.69 Å². The highest BCUT2D eigenvalue weighted by atomic mass is 19.1. The fraction of sp³-hybridized carbons (Fsp3) is 0.214. The van der Waals surface area contributed by atoms with Crippen LogP contribution in [0.15, 0.2) is 24.3 Å². The third kappa shape index (κ3) is 1.78. The molecule has 2 aromatic rings. The number of aldehydes is 1. The summed E-state index contributed by atoms with van der Waals surface area (Å²) in [5, 5.41) is 0. The molecule has 3 heteroatoms. The van der Waals surface area contributed by atoms with E-state index < -0.39 is 0 Å². The van der Waals surface area contributed by atoms with Crippen molar-refractivity contribution in [3.05, 3.63) is 52.6 Å². The number of halogens is 1. The van der Waals surface area contributed by atoms with E-state index >= 15 is 0 Å². The normalized spacial score (nSPS) is 10.6. The van der Waals surface area contributed by atoms with Crippen LogP contribution in [0.3, 0.4) is 0 Å². The van der Waals surface area contributed by atoms with Crippen LogP contribution in [0.1, 0.15) is 27.3 Å². The molecule has 0 aliphatic rings. The maximum Gasteiger partial charge on any atom is 0.152 e. The zero-order chi connectivity index (χ0) is 12.6. The Morgan fingerprint density at radius 1 is 1.06 bits per heavy atom. The molecule has 88 valence electrons. The summed E-state index contributed by atoms with van der Waals surface area (Å²) in [5.41, 5.74) is 4.46. The van der Waals surface area contributed by atoms with Gasteiger partial charge in [-0.15, -0.1) is 0 Å². The van der Waals surface area contributed by atoms with Gasteiger partial charge in [-0.1, -0.05) is 0 Å². The molecule has 0 fully saturated rings. The summed E-state index contributed by atoms with van der Waals surface area (Å²) in [6.45, 7) is 5.78. The molecule has 0 bridgehead atoms. The number of aromatic nitrogens is 1. The predicted octanol–water partition coefficient (Wildman–Crippen LogP) is 3.35. The SMILES string of the molecule is Cc1c(C=O)c(C)n(-c2ccc(F)cc2)c1C. The number of carbonyl (C=O) groups is 1. The molecule has 0 saturated heterocycles.